The van der Waals surface area contributed by atoms with Crippen molar-refractivity contribution in [3.05, 3.63) is 106 Å². The molecule has 2 amide bonds. The lowest BCUT2D eigenvalue weighted by molar-refractivity contribution is -0.141. The Labute approximate surface area is 237 Å². The van der Waals surface area contributed by atoms with E-state index >= 15 is 0 Å². The van der Waals surface area contributed by atoms with E-state index in [1.807, 2.05) is 68.4 Å². The minimum Gasteiger partial charge on any atom is -0.352 e. The molecule has 0 bridgehead atoms. The molecule has 38 heavy (non-hydrogen) atoms. The zero-order chi connectivity index (χ0) is 27.7. The molecule has 0 aromatic heterocycles. The van der Waals surface area contributed by atoms with Crippen LogP contribution in [0.25, 0.3) is 0 Å². The molecule has 4 nitrogen and oxygen atoms in total. The van der Waals surface area contributed by atoms with Crippen LogP contribution in [0.15, 0.2) is 83.3 Å². The molecule has 0 heterocycles. The second kappa shape index (κ2) is 13.7. The van der Waals surface area contributed by atoms with E-state index in [1.165, 1.54) is 5.56 Å². The van der Waals surface area contributed by atoms with Gasteiger partial charge < -0.3 is 10.2 Å². The lowest BCUT2D eigenvalue weighted by Crippen LogP contribution is -2.52. The van der Waals surface area contributed by atoms with Gasteiger partial charge in [0.25, 0.3) is 0 Å². The molecule has 3 aromatic rings. The fraction of sp³-hybridized carbons (Fsp3) is 0.394. The van der Waals surface area contributed by atoms with Crippen molar-refractivity contribution in [1.29, 1.82) is 0 Å². The Balaban J connectivity index is 1.88. The molecule has 3 rings (SSSR count). The Morgan fingerprint density at radius 3 is 2.05 bits per heavy atom. The van der Waals surface area contributed by atoms with E-state index in [1.54, 1.807) is 4.90 Å². The lowest BCUT2D eigenvalue weighted by Gasteiger charge is -2.32. The topological polar surface area (TPSA) is 49.4 Å². The van der Waals surface area contributed by atoms with E-state index in [9.17, 15) is 9.59 Å². The van der Waals surface area contributed by atoms with Crippen molar-refractivity contribution in [3.63, 3.8) is 0 Å². The van der Waals surface area contributed by atoms with Crippen LogP contribution >= 0.6 is 15.9 Å². The molecule has 2 atom stereocenters. The van der Waals surface area contributed by atoms with E-state index in [0.717, 1.165) is 27.6 Å². The number of benzene rings is 3. The molecule has 202 valence electrons. The van der Waals surface area contributed by atoms with Gasteiger partial charge in [-0.15, -0.1) is 0 Å². The third kappa shape index (κ3) is 8.83. The van der Waals surface area contributed by atoms with Crippen molar-refractivity contribution >= 4 is 27.7 Å². The van der Waals surface area contributed by atoms with Gasteiger partial charge in [0.15, 0.2) is 0 Å². The van der Waals surface area contributed by atoms with Gasteiger partial charge in [-0.2, -0.15) is 0 Å². The number of halogens is 1. The molecular formula is C33H41BrN2O2. The fourth-order valence-corrected chi connectivity index (χ4v) is 4.61. The first-order valence-electron chi connectivity index (χ1n) is 13.5. The number of aryl methyl sites for hydroxylation is 1. The first-order valence-corrected chi connectivity index (χ1v) is 14.3. The van der Waals surface area contributed by atoms with E-state index in [-0.39, 0.29) is 23.3 Å². The maximum absolute atomic E-state index is 13.8. The van der Waals surface area contributed by atoms with Crippen LogP contribution in [0.5, 0.6) is 0 Å². The molecule has 5 heteroatoms. The van der Waals surface area contributed by atoms with Crippen LogP contribution in [0.4, 0.5) is 0 Å². The zero-order valence-electron chi connectivity index (χ0n) is 23.3. The highest BCUT2D eigenvalue weighted by Gasteiger charge is 2.30. The summed E-state index contributed by atoms with van der Waals surface area (Å²) in [6, 6.07) is 25.9. The maximum Gasteiger partial charge on any atom is 0.243 e. The van der Waals surface area contributed by atoms with Gasteiger partial charge in [-0.25, -0.2) is 0 Å². The number of rotatable bonds is 11. The summed E-state index contributed by atoms with van der Waals surface area (Å²) >= 11 is 3.50. The van der Waals surface area contributed by atoms with Crippen LogP contribution in [-0.4, -0.2) is 28.8 Å². The second-order valence-corrected chi connectivity index (χ2v) is 12.0. The van der Waals surface area contributed by atoms with Crippen LogP contribution in [0, 0.1) is 0 Å². The fourth-order valence-electron chi connectivity index (χ4n) is 4.35. The predicted molar refractivity (Wildman–Crippen MR) is 160 cm³/mol. The number of amides is 2. The Kier molecular flexibility index (Phi) is 10.7. The SMILES string of the molecule is CCC(C)NC(=O)C(Cc1ccccc1)N(Cc1ccc(Br)cc1)C(=O)CCc1ccc(C(C)(C)C)cc1. The van der Waals surface area contributed by atoms with Gasteiger partial charge in [-0.1, -0.05) is 110 Å². The first-order chi connectivity index (χ1) is 18.1. The minimum atomic E-state index is -0.606. The average Bonchev–Trinajstić information content (AvgIpc) is 2.90. The highest BCUT2D eigenvalue weighted by molar-refractivity contribution is 9.10. The van der Waals surface area contributed by atoms with E-state index < -0.39 is 6.04 Å². The molecule has 0 aliphatic rings. The minimum absolute atomic E-state index is 0.0203. The number of carbonyl (C=O) groups excluding carboxylic acids is 2. The molecule has 0 aliphatic heterocycles. The quantitative estimate of drug-likeness (QED) is 0.261. The van der Waals surface area contributed by atoms with Crippen LogP contribution in [0.1, 0.15) is 69.7 Å². The lowest BCUT2D eigenvalue weighted by atomic mass is 9.86. The largest absolute Gasteiger partial charge is 0.352 e. The van der Waals surface area contributed by atoms with E-state index in [4.69, 9.17) is 0 Å². The average molecular weight is 578 g/mol. The highest BCUT2D eigenvalue weighted by atomic mass is 79.9. The summed E-state index contributed by atoms with van der Waals surface area (Å²) in [5.74, 6) is -0.128. The van der Waals surface area contributed by atoms with Crippen molar-refractivity contribution < 1.29 is 9.59 Å². The number of hydrogen-bond donors (Lipinski definition) is 1. The van der Waals surface area contributed by atoms with Crippen molar-refractivity contribution in [3.8, 4) is 0 Å². The van der Waals surface area contributed by atoms with Crippen LogP contribution in [0.3, 0.4) is 0 Å². The number of nitrogens with one attached hydrogen (secondary N) is 1. The van der Waals surface area contributed by atoms with Gasteiger partial charge in [-0.05, 0) is 59.6 Å². The molecule has 0 saturated heterocycles. The summed E-state index contributed by atoms with van der Waals surface area (Å²) in [6.45, 7) is 11.0. The van der Waals surface area contributed by atoms with E-state index in [2.05, 4.69) is 66.3 Å². The summed E-state index contributed by atoms with van der Waals surface area (Å²) < 4.78 is 0.980. The highest BCUT2D eigenvalue weighted by Crippen LogP contribution is 2.23. The summed E-state index contributed by atoms with van der Waals surface area (Å²) in [5.41, 5.74) is 4.50. The van der Waals surface area contributed by atoms with Gasteiger partial charge in [0, 0.05) is 29.9 Å². The van der Waals surface area contributed by atoms with Crippen molar-refractivity contribution in [2.75, 3.05) is 0 Å². The van der Waals surface area contributed by atoms with E-state index in [0.29, 0.717) is 25.8 Å². The molecule has 2 unspecified atom stereocenters. The monoisotopic (exact) mass is 576 g/mol. The van der Waals surface area contributed by atoms with Gasteiger partial charge >= 0.3 is 0 Å². The molecule has 1 N–H and O–H groups in total. The van der Waals surface area contributed by atoms with Crippen molar-refractivity contribution in [1.82, 2.24) is 10.2 Å². The normalized spacial score (nSPS) is 13.0. The predicted octanol–water partition coefficient (Wildman–Crippen LogP) is 7.23. The first kappa shape index (κ1) is 29.6. The maximum atomic E-state index is 13.8. The molecule has 0 saturated carbocycles. The van der Waals surface area contributed by atoms with Crippen molar-refractivity contribution in [2.24, 2.45) is 0 Å². The third-order valence-corrected chi connectivity index (χ3v) is 7.51. The van der Waals surface area contributed by atoms with Gasteiger partial charge in [0.1, 0.15) is 6.04 Å². The van der Waals surface area contributed by atoms with Crippen LogP contribution in [-0.2, 0) is 34.4 Å². The molecule has 0 spiro atoms. The van der Waals surface area contributed by atoms with Gasteiger partial charge in [-0.3, -0.25) is 9.59 Å². The Hall–Kier alpha value is -2.92. The molecule has 3 aromatic carbocycles. The van der Waals surface area contributed by atoms with Crippen LogP contribution in [0.2, 0.25) is 0 Å². The van der Waals surface area contributed by atoms with Gasteiger partial charge in [0.2, 0.25) is 11.8 Å². The Morgan fingerprint density at radius 2 is 1.47 bits per heavy atom. The number of hydrogen-bond acceptors (Lipinski definition) is 2. The molecule has 0 radical (unpaired) electrons. The second-order valence-electron chi connectivity index (χ2n) is 11.1. The Bertz CT molecular complexity index is 1170. The summed E-state index contributed by atoms with van der Waals surface area (Å²) in [7, 11) is 0. The summed E-state index contributed by atoms with van der Waals surface area (Å²) in [6.07, 6.45) is 2.26. The van der Waals surface area contributed by atoms with Crippen molar-refractivity contribution in [2.45, 2.75) is 84.3 Å². The number of nitrogens with zero attached hydrogens (tertiary/aromatic N) is 1. The summed E-state index contributed by atoms with van der Waals surface area (Å²) in [5, 5.41) is 3.13. The molecule has 0 fully saturated rings. The van der Waals surface area contributed by atoms with Crippen LogP contribution < -0.4 is 5.32 Å². The zero-order valence-corrected chi connectivity index (χ0v) is 24.9. The Morgan fingerprint density at radius 1 is 0.868 bits per heavy atom. The molecular weight excluding hydrogens is 536 g/mol. The van der Waals surface area contributed by atoms with Gasteiger partial charge in [0.05, 0.1) is 0 Å². The third-order valence-electron chi connectivity index (χ3n) is 6.99. The number of carbonyl (C=O) groups is 2. The molecule has 0 aliphatic carbocycles. The summed E-state index contributed by atoms with van der Waals surface area (Å²) in [4.78, 5) is 29.2. The smallest absolute Gasteiger partial charge is 0.243 e. The standard InChI is InChI=1S/C33H41BrN2O2/c1-6-24(2)35-32(38)30(22-26-10-8-7-9-11-26)36(23-27-14-19-29(34)20-15-27)31(37)21-16-25-12-17-28(18-13-25)33(3,4)5/h7-15,17-20,24,30H,6,16,21-23H2,1-5H3,(H,35,38).